The molecule has 0 aliphatic heterocycles. The predicted octanol–water partition coefficient (Wildman–Crippen LogP) is -28.3. The third kappa shape index (κ3) is 7.31. The zero-order valence-electron chi connectivity index (χ0n) is 49.0. The summed E-state index contributed by atoms with van der Waals surface area (Å²) in [5.74, 6) is 0. The number of hydrogen-bond acceptors (Lipinski definition) is 4. The van der Waals surface area contributed by atoms with Gasteiger partial charge in [0, 0.05) is 19.5 Å². The topological polar surface area (TPSA) is 25.8 Å². The molecule has 0 spiro atoms. The van der Waals surface area contributed by atoms with Crippen molar-refractivity contribution in [2.24, 2.45) is 0 Å². The van der Waals surface area contributed by atoms with Crippen molar-refractivity contribution in [2.45, 2.75) is 0 Å². The highest BCUT2D eigenvalue weighted by Gasteiger charge is 2.29. The summed E-state index contributed by atoms with van der Waals surface area (Å²) in [5, 5.41) is 4.08. The van der Waals surface area contributed by atoms with E-state index in [1.54, 1.807) is 0 Å². The second-order valence-corrected chi connectivity index (χ2v) is 24.8. The van der Waals surface area contributed by atoms with E-state index in [0.29, 0.717) is 0 Å². The van der Waals surface area contributed by atoms with E-state index in [0.717, 1.165) is 15.9 Å². The fourth-order valence-corrected chi connectivity index (χ4v) is 16.4. The van der Waals surface area contributed by atoms with Gasteiger partial charge in [-0.2, -0.15) is 0 Å². The number of nitrogens with zero attached hydrogens (tertiary/aromatic N) is 2. The van der Waals surface area contributed by atoms with Crippen molar-refractivity contribution in [3.05, 3.63) is 24.5 Å². The maximum absolute atomic E-state index is 5.26. The Bertz CT molecular complexity index is 4200. The highest BCUT2D eigenvalue weighted by atomic mass is 32.1. The summed E-state index contributed by atoms with van der Waals surface area (Å²) in [4.78, 5) is 10.4. The van der Waals surface area contributed by atoms with Crippen LogP contribution < -0.4 is 131 Å². The molecule has 0 amide bonds. The molecule has 10 rings (SSSR count). The zero-order chi connectivity index (χ0) is 53.9. The monoisotopic (exact) mass is 961 g/mol. The number of benzene rings is 7. The SMILES string of the molecule is Bc1c(B)c(B)c(-c2c(B)c(B)c(-c3ccc4sc5c(-c6c(B)c(B)c(B)c(-c7c(B)c(B)c(B)c(-c8c(B)c(B)c(B)c9c8sc8c(B)c(B)c(B)c(B)c89)c7B)c6B)ncnc5c4c3)c(B)c2B)c(B)c1B. The summed E-state index contributed by atoms with van der Waals surface area (Å²) < 4.78 is 5.24. The minimum Gasteiger partial charge on any atom is -0.235 e. The minimum absolute atomic E-state index is 1.03. The maximum Gasteiger partial charge on any atom is 0.140 e. The first-order valence-electron chi connectivity index (χ1n) is 26.8. The molecule has 0 unspecified atom stereocenters. The Kier molecular flexibility index (Phi) is 13.4. The molecule has 0 radical (unpaired) electrons. The lowest BCUT2D eigenvalue weighted by molar-refractivity contribution is 1.24. The van der Waals surface area contributed by atoms with E-state index in [1.165, 1.54) is 211 Å². The number of hydrogen-bond donors (Lipinski definition) is 0. The van der Waals surface area contributed by atoms with Crippen molar-refractivity contribution >= 4 is 383 Å². The first-order valence-corrected chi connectivity index (χ1v) is 28.4. The van der Waals surface area contributed by atoms with Gasteiger partial charge >= 0.3 is 0 Å². The van der Waals surface area contributed by atoms with Crippen LogP contribution in [0.25, 0.3) is 96.2 Å². The summed E-state index contributed by atoms with van der Waals surface area (Å²) in [6.07, 6.45) is 1.82. The van der Waals surface area contributed by atoms with Crippen LogP contribution in [0, 0.1) is 0 Å². The first kappa shape index (κ1) is 53.0. The van der Waals surface area contributed by atoms with Gasteiger partial charge in [0.05, 0.1) is 15.9 Å². The molecule has 0 aliphatic carbocycles. The van der Waals surface area contributed by atoms with Gasteiger partial charge in [0.1, 0.15) is 195 Å². The van der Waals surface area contributed by atoms with Gasteiger partial charge < -0.3 is 0 Å². The Hall–Kier alpha value is -4.38. The van der Waals surface area contributed by atoms with Crippen molar-refractivity contribution in [3.8, 4) is 55.8 Å². The molecule has 2 nitrogen and oxygen atoms in total. The van der Waals surface area contributed by atoms with Crippen LogP contribution in [-0.2, 0) is 0 Å². The van der Waals surface area contributed by atoms with Crippen molar-refractivity contribution in [3.63, 3.8) is 0 Å². The molecule has 0 fully saturated rings. The van der Waals surface area contributed by atoms with E-state index in [9.17, 15) is 0 Å². The second kappa shape index (κ2) is 18.7. The van der Waals surface area contributed by atoms with E-state index in [1.807, 2.05) is 29.0 Å². The van der Waals surface area contributed by atoms with Gasteiger partial charge in [0.15, 0.2) is 0 Å². The summed E-state index contributed by atoms with van der Waals surface area (Å²) in [6.45, 7) is 0. The molecule has 74 heavy (non-hydrogen) atoms. The second-order valence-electron chi connectivity index (χ2n) is 22.7. The molecule has 0 saturated heterocycles. The smallest absolute Gasteiger partial charge is 0.140 e. The van der Waals surface area contributed by atoms with Crippen molar-refractivity contribution in [1.29, 1.82) is 0 Å². The molecule has 7 aromatic carbocycles. The van der Waals surface area contributed by atoms with Crippen molar-refractivity contribution in [1.82, 2.24) is 9.97 Å². The maximum atomic E-state index is 5.26. The number of rotatable bonds is 5. The zero-order valence-corrected chi connectivity index (χ0v) is 50.7. The third-order valence-corrected chi connectivity index (χ3v) is 22.3. The lowest BCUT2D eigenvalue weighted by Gasteiger charge is -2.29. The number of aromatic nitrogens is 2. The molecule has 0 saturated carbocycles. The van der Waals surface area contributed by atoms with E-state index in [4.69, 9.17) is 9.97 Å². The summed E-state index contributed by atoms with van der Waals surface area (Å²) in [6, 6.07) is 7.09. The highest BCUT2D eigenvalue weighted by Crippen LogP contribution is 2.39. The quantitative estimate of drug-likeness (QED) is 0.161. The Morgan fingerprint density at radius 3 is 1.15 bits per heavy atom. The van der Waals surface area contributed by atoms with Gasteiger partial charge in [0.25, 0.3) is 0 Å². The normalized spacial score (nSPS) is 11.7. The van der Waals surface area contributed by atoms with Crippen LogP contribution in [0.3, 0.4) is 0 Å². The summed E-state index contributed by atoms with van der Waals surface area (Å²) in [5.41, 5.74) is 47.1. The molecule has 330 valence electrons. The molecule has 10 aromatic rings. The average Bonchev–Trinajstić information content (AvgIpc) is 3.96. The molecule has 3 aromatic heterocycles. The molecule has 0 N–H and O–H groups in total. The fraction of sp³-hybridized carbons (Fsp3) is 0. The minimum atomic E-state index is 1.03. The van der Waals surface area contributed by atoms with Crippen LogP contribution in [0.5, 0.6) is 0 Å². The Labute approximate surface area is 469 Å². The third-order valence-electron chi connectivity index (χ3n) is 19.8. The Morgan fingerprint density at radius 2 is 0.622 bits per heavy atom. The fourth-order valence-electron chi connectivity index (χ4n) is 13.7. The predicted molar refractivity (Wildman–Crippen MR) is 411 cm³/mol. The lowest BCUT2D eigenvalue weighted by Crippen LogP contribution is -2.57. The van der Waals surface area contributed by atoms with Gasteiger partial charge in [-0.15, -0.1) is 66.4 Å². The molecule has 3 heterocycles. The van der Waals surface area contributed by atoms with Gasteiger partial charge in [-0.3, -0.25) is 0 Å². The summed E-state index contributed by atoms with van der Waals surface area (Å²) in [7, 11) is 56.1. The van der Waals surface area contributed by atoms with Crippen LogP contribution >= 0.6 is 22.7 Å². The van der Waals surface area contributed by atoms with Gasteiger partial charge in [0.2, 0.25) is 0 Å². The molecule has 0 bridgehead atoms. The number of fused-ring (bicyclic) bond motifs is 6. The molecular formula is C46H52B24N2S2. The summed E-state index contributed by atoms with van der Waals surface area (Å²) >= 11 is 3.85. The Morgan fingerprint density at radius 1 is 0.270 bits per heavy atom. The standard InChI is InChI=1S/C46H52B24N2S2/c47-18-9(24(53)33(62)28(57)13(18)14-29(58)35(64)30(59)15-16-31(60)38(67)40(69)41(70)45(16)74-44(14)15)10-19(48)17(32(61)34(63)25(10)54)43-46-42(71-4-72-43)6-3-5(1-2-7(6)73-46)8-20(49)22(51)11(23(52)21(8)50)12-26(55)36(65)39(68)37(66)27(12)56/h1-4H,47-70H2. The van der Waals surface area contributed by atoms with Crippen LogP contribution in [0.4, 0.5) is 0 Å². The van der Waals surface area contributed by atoms with Gasteiger partial charge in [-0.1, -0.05) is 93.5 Å². The van der Waals surface area contributed by atoms with Gasteiger partial charge in [-0.25, -0.2) is 9.97 Å². The van der Waals surface area contributed by atoms with E-state index in [-0.39, 0.29) is 0 Å². The molecular weight excluding hydrogens is 904 g/mol. The van der Waals surface area contributed by atoms with E-state index in [2.05, 4.69) is 207 Å². The van der Waals surface area contributed by atoms with Gasteiger partial charge in [-0.05, 0) is 73.0 Å². The van der Waals surface area contributed by atoms with Crippen LogP contribution in [0.1, 0.15) is 0 Å². The van der Waals surface area contributed by atoms with E-state index >= 15 is 0 Å². The largest absolute Gasteiger partial charge is 0.235 e. The molecule has 28 heteroatoms. The first-order chi connectivity index (χ1) is 34.8. The van der Waals surface area contributed by atoms with Crippen molar-refractivity contribution in [2.75, 3.05) is 0 Å². The van der Waals surface area contributed by atoms with Crippen LogP contribution in [-0.4, -0.2) is 198 Å². The average molecular weight is 957 g/mol. The molecule has 0 aliphatic rings. The highest BCUT2D eigenvalue weighted by molar-refractivity contribution is 7.28. The lowest BCUT2D eigenvalue weighted by atomic mass is 9.56. The van der Waals surface area contributed by atoms with Crippen LogP contribution in [0.2, 0.25) is 0 Å². The van der Waals surface area contributed by atoms with Crippen LogP contribution in [0.15, 0.2) is 24.5 Å². The van der Waals surface area contributed by atoms with E-state index < -0.39 is 0 Å². The number of thiophene rings is 2. The molecule has 0 atom stereocenters. The van der Waals surface area contributed by atoms with Crippen molar-refractivity contribution < 1.29 is 0 Å². The Balaban J connectivity index is 1.19.